The zero-order valence-electron chi connectivity index (χ0n) is 9.08. The number of aromatic nitrogens is 5. The summed E-state index contributed by atoms with van der Waals surface area (Å²) >= 11 is 0. The molecule has 0 saturated heterocycles. The number of hydrogen-bond donors (Lipinski definition) is 1. The number of hydrogen-bond acceptors (Lipinski definition) is 4. The van der Waals surface area contributed by atoms with Gasteiger partial charge in [-0.05, 0) is 0 Å². The van der Waals surface area contributed by atoms with Crippen LogP contribution in [0.15, 0.2) is 18.6 Å². The lowest BCUT2D eigenvalue weighted by Gasteiger charge is -2.02. The predicted octanol–water partition coefficient (Wildman–Crippen LogP) is -0.521. The molecule has 7 heteroatoms. The zero-order valence-corrected chi connectivity index (χ0v) is 9.08. The molecule has 0 saturated carbocycles. The maximum Gasteiger partial charge on any atom is 0.273 e. The monoisotopic (exact) mass is 220 g/mol. The lowest BCUT2D eigenvalue weighted by Crippen LogP contribution is -2.24. The number of aryl methyl sites for hydroxylation is 2. The van der Waals surface area contributed by atoms with Gasteiger partial charge in [0.05, 0.1) is 12.7 Å². The second-order valence-corrected chi connectivity index (χ2v) is 3.41. The van der Waals surface area contributed by atoms with E-state index in [-0.39, 0.29) is 5.91 Å². The summed E-state index contributed by atoms with van der Waals surface area (Å²) in [6.07, 6.45) is 5.07. The summed E-state index contributed by atoms with van der Waals surface area (Å²) < 4.78 is 3.33. The Bertz CT molecular complexity index is 500. The van der Waals surface area contributed by atoms with Gasteiger partial charge in [-0.1, -0.05) is 5.21 Å². The average molecular weight is 220 g/mol. The predicted molar refractivity (Wildman–Crippen MR) is 55.4 cm³/mol. The van der Waals surface area contributed by atoms with Gasteiger partial charge in [-0.25, -0.2) is 4.98 Å². The molecule has 0 aliphatic rings. The number of carbonyl (C=O) groups excluding carboxylic acids is 1. The first-order valence-electron chi connectivity index (χ1n) is 4.77. The molecule has 84 valence electrons. The smallest absolute Gasteiger partial charge is 0.273 e. The Kier molecular flexibility index (Phi) is 2.67. The molecule has 0 fully saturated rings. The fourth-order valence-corrected chi connectivity index (χ4v) is 1.27. The van der Waals surface area contributed by atoms with Crippen LogP contribution in [0.25, 0.3) is 0 Å². The normalized spacial score (nSPS) is 10.4. The number of imidazole rings is 1. The van der Waals surface area contributed by atoms with Crippen LogP contribution in [0, 0.1) is 0 Å². The van der Waals surface area contributed by atoms with Crippen molar-refractivity contribution < 1.29 is 4.79 Å². The first-order valence-corrected chi connectivity index (χ1v) is 4.77. The van der Waals surface area contributed by atoms with Crippen molar-refractivity contribution in [3.05, 3.63) is 30.1 Å². The minimum atomic E-state index is -0.254. The van der Waals surface area contributed by atoms with Crippen LogP contribution in [0.5, 0.6) is 0 Å². The molecule has 0 aliphatic carbocycles. The van der Waals surface area contributed by atoms with Gasteiger partial charge in [0.1, 0.15) is 5.82 Å². The maximum atomic E-state index is 11.6. The SMILES string of the molecule is Cn1cc(C(=O)NCc2nccn2C)nn1. The third-order valence-corrected chi connectivity index (χ3v) is 2.16. The second-order valence-electron chi connectivity index (χ2n) is 3.41. The molecule has 0 atom stereocenters. The molecular weight excluding hydrogens is 208 g/mol. The fourth-order valence-electron chi connectivity index (χ4n) is 1.27. The van der Waals surface area contributed by atoms with E-state index >= 15 is 0 Å². The van der Waals surface area contributed by atoms with E-state index in [1.165, 1.54) is 4.68 Å². The van der Waals surface area contributed by atoms with Crippen LogP contribution < -0.4 is 5.32 Å². The molecule has 1 amide bonds. The van der Waals surface area contributed by atoms with Gasteiger partial charge in [0.15, 0.2) is 5.69 Å². The molecule has 2 rings (SSSR count). The number of rotatable bonds is 3. The van der Waals surface area contributed by atoms with E-state index in [9.17, 15) is 4.79 Å². The van der Waals surface area contributed by atoms with Gasteiger partial charge < -0.3 is 9.88 Å². The van der Waals surface area contributed by atoms with Gasteiger partial charge >= 0.3 is 0 Å². The van der Waals surface area contributed by atoms with Crippen LogP contribution in [-0.4, -0.2) is 30.5 Å². The molecule has 2 aromatic rings. The Balaban J connectivity index is 1.96. The molecule has 1 N–H and O–H groups in total. The Morgan fingerprint density at radius 1 is 1.50 bits per heavy atom. The highest BCUT2D eigenvalue weighted by atomic mass is 16.2. The number of amides is 1. The molecule has 0 bridgehead atoms. The zero-order chi connectivity index (χ0) is 11.5. The highest BCUT2D eigenvalue weighted by Gasteiger charge is 2.10. The summed E-state index contributed by atoms with van der Waals surface area (Å²) in [5.74, 6) is 0.536. The number of nitrogens with zero attached hydrogens (tertiary/aromatic N) is 5. The van der Waals surface area contributed by atoms with Gasteiger partial charge in [0.25, 0.3) is 5.91 Å². The summed E-state index contributed by atoms with van der Waals surface area (Å²) in [5, 5.41) is 10.1. The summed E-state index contributed by atoms with van der Waals surface area (Å²) in [6.45, 7) is 0.374. The molecule has 0 aromatic carbocycles. The molecule has 0 unspecified atom stereocenters. The van der Waals surface area contributed by atoms with Gasteiger partial charge in [0.2, 0.25) is 0 Å². The second kappa shape index (κ2) is 4.13. The average Bonchev–Trinajstić information content (AvgIpc) is 2.84. The standard InChI is InChI=1S/C9H12N6O/c1-14-4-3-10-8(14)5-11-9(16)7-6-15(2)13-12-7/h3-4,6H,5H2,1-2H3,(H,11,16). The first-order chi connectivity index (χ1) is 7.66. The van der Waals surface area contributed by atoms with Crippen LogP contribution >= 0.6 is 0 Å². The summed E-state index contributed by atoms with van der Waals surface area (Å²) in [6, 6.07) is 0. The highest BCUT2D eigenvalue weighted by molar-refractivity contribution is 5.91. The van der Waals surface area contributed by atoms with Crippen molar-refractivity contribution in [2.24, 2.45) is 14.1 Å². The van der Waals surface area contributed by atoms with Crippen LogP contribution in [-0.2, 0) is 20.6 Å². The molecule has 16 heavy (non-hydrogen) atoms. The molecular formula is C9H12N6O. The van der Waals surface area contributed by atoms with Crippen LogP contribution in [0.2, 0.25) is 0 Å². The van der Waals surface area contributed by atoms with Crippen molar-refractivity contribution in [1.29, 1.82) is 0 Å². The lowest BCUT2D eigenvalue weighted by atomic mass is 10.4. The maximum absolute atomic E-state index is 11.6. The first kappa shape index (κ1) is 10.3. The number of carbonyl (C=O) groups is 1. The third kappa shape index (κ3) is 2.08. The van der Waals surface area contributed by atoms with Gasteiger partial charge in [0, 0.05) is 26.5 Å². The van der Waals surface area contributed by atoms with E-state index in [4.69, 9.17) is 0 Å². The summed E-state index contributed by atoms with van der Waals surface area (Å²) in [4.78, 5) is 15.7. The Morgan fingerprint density at radius 2 is 2.31 bits per heavy atom. The summed E-state index contributed by atoms with van der Waals surface area (Å²) in [5.41, 5.74) is 0.303. The van der Waals surface area contributed by atoms with E-state index in [1.54, 1.807) is 19.4 Å². The van der Waals surface area contributed by atoms with E-state index < -0.39 is 0 Å². The molecule has 0 spiro atoms. The van der Waals surface area contributed by atoms with Crippen LogP contribution in [0.4, 0.5) is 0 Å². The minimum absolute atomic E-state index is 0.254. The molecule has 0 aliphatic heterocycles. The van der Waals surface area contributed by atoms with Crippen LogP contribution in [0.1, 0.15) is 16.3 Å². The third-order valence-electron chi connectivity index (χ3n) is 2.16. The topological polar surface area (TPSA) is 77.6 Å². The molecule has 7 nitrogen and oxygen atoms in total. The van der Waals surface area contributed by atoms with E-state index in [1.807, 2.05) is 17.8 Å². The van der Waals surface area contributed by atoms with E-state index in [0.717, 1.165) is 5.82 Å². The van der Waals surface area contributed by atoms with Crippen LogP contribution in [0.3, 0.4) is 0 Å². The Hall–Kier alpha value is -2.18. The lowest BCUT2D eigenvalue weighted by molar-refractivity contribution is 0.0944. The molecule has 2 aromatic heterocycles. The summed E-state index contributed by atoms with van der Waals surface area (Å²) in [7, 11) is 3.58. The van der Waals surface area contributed by atoms with Crippen molar-refractivity contribution >= 4 is 5.91 Å². The van der Waals surface area contributed by atoms with Crippen molar-refractivity contribution in [1.82, 2.24) is 29.9 Å². The van der Waals surface area contributed by atoms with E-state index in [0.29, 0.717) is 12.2 Å². The Morgan fingerprint density at radius 3 is 2.88 bits per heavy atom. The minimum Gasteiger partial charge on any atom is -0.343 e. The Labute approximate surface area is 92.1 Å². The van der Waals surface area contributed by atoms with E-state index in [2.05, 4.69) is 20.6 Å². The van der Waals surface area contributed by atoms with Crippen molar-refractivity contribution in [2.75, 3.05) is 0 Å². The van der Waals surface area contributed by atoms with Crippen molar-refractivity contribution in [2.45, 2.75) is 6.54 Å². The van der Waals surface area contributed by atoms with Gasteiger partial charge in [-0.3, -0.25) is 9.48 Å². The van der Waals surface area contributed by atoms with Crippen molar-refractivity contribution in [3.63, 3.8) is 0 Å². The van der Waals surface area contributed by atoms with Gasteiger partial charge in [-0.15, -0.1) is 5.10 Å². The fraction of sp³-hybridized carbons (Fsp3) is 0.333. The molecule has 2 heterocycles. The largest absolute Gasteiger partial charge is 0.343 e. The van der Waals surface area contributed by atoms with Crippen molar-refractivity contribution in [3.8, 4) is 0 Å². The highest BCUT2D eigenvalue weighted by Crippen LogP contribution is 1.95. The molecule has 0 radical (unpaired) electrons. The number of nitrogens with one attached hydrogen (secondary N) is 1. The van der Waals surface area contributed by atoms with Gasteiger partial charge in [-0.2, -0.15) is 0 Å². The quantitative estimate of drug-likeness (QED) is 0.755.